The average molecular weight is 373 g/mol. The van der Waals surface area contributed by atoms with Crippen LogP contribution in [-0.2, 0) is 15.0 Å². The zero-order chi connectivity index (χ0) is 18.9. The predicted octanol–water partition coefficient (Wildman–Crippen LogP) is 4.00. The molecule has 5 nitrogen and oxygen atoms in total. The van der Waals surface area contributed by atoms with Crippen LogP contribution in [-0.4, -0.2) is 25.0 Å². The Kier molecular flexibility index (Phi) is 4.92. The first kappa shape index (κ1) is 18.3. The molecule has 1 aliphatic rings. The lowest BCUT2D eigenvalue weighted by Gasteiger charge is -2.29. The largest absolute Gasteiger partial charge is 0.423 e. The van der Waals surface area contributed by atoms with Crippen LogP contribution in [0.2, 0.25) is 5.02 Å². The highest BCUT2D eigenvalue weighted by Crippen LogP contribution is 2.34. The van der Waals surface area contributed by atoms with E-state index in [1.54, 1.807) is 23.1 Å². The first-order valence-electron chi connectivity index (χ1n) is 8.38. The summed E-state index contributed by atoms with van der Waals surface area (Å²) in [5, 5.41) is 3.38. The monoisotopic (exact) mass is 372 g/mol. The van der Waals surface area contributed by atoms with E-state index in [9.17, 15) is 9.59 Å². The van der Waals surface area contributed by atoms with Crippen molar-refractivity contribution in [3.63, 3.8) is 0 Å². The molecule has 0 radical (unpaired) electrons. The number of ether oxygens (including phenoxy) is 1. The van der Waals surface area contributed by atoms with Crippen molar-refractivity contribution in [2.75, 3.05) is 23.3 Å². The standard InChI is InChI=1S/C20H21ClN2O3/c1-20(2,3)13-4-7-15(8-5-13)22-18(24)11-23-12-19(25)26-17-9-6-14(21)10-16(17)23/h4-10H,11-12H2,1-3H3,(H,22,24). The van der Waals surface area contributed by atoms with Gasteiger partial charge in [0.25, 0.3) is 0 Å². The molecule has 1 N–H and O–H groups in total. The fourth-order valence-corrected chi connectivity index (χ4v) is 2.95. The van der Waals surface area contributed by atoms with E-state index in [0.717, 1.165) is 0 Å². The van der Waals surface area contributed by atoms with E-state index in [2.05, 4.69) is 26.1 Å². The van der Waals surface area contributed by atoms with Crippen LogP contribution in [0.25, 0.3) is 0 Å². The molecule has 0 aromatic heterocycles. The van der Waals surface area contributed by atoms with Gasteiger partial charge in [0.05, 0.1) is 12.2 Å². The minimum atomic E-state index is -0.401. The highest BCUT2D eigenvalue weighted by molar-refractivity contribution is 6.31. The quantitative estimate of drug-likeness (QED) is 0.653. The van der Waals surface area contributed by atoms with Crippen LogP contribution in [0, 0.1) is 0 Å². The fraction of sp³-hybridized carbons (Fsp3) is 0.300. The van der Waals surface area contributed by atoms with E-state index < -0.39 is 5.97 Å². The van der Waals surface area contributed by atoms with Gasteiger partial charge < -0.3 is 15.0 Å². The topological polar surface area (TPSA) is 58.6 Å². The predicted molar refractivity (Wildman–Crippen MR) is 103 cm³/mol. The molecule has 136 valence electrons. The van der Waals surface area contributed by atoms with Gasteiger partial charge >= 0.3 is 5.97 Å². The molecule has 0 fully saturated rings. The van der Waals surface area contributed by atoms with Crippen molar-refractivity contribution in [2.24, 2.45) is 0 Å². The van der Waals surface area contributed by atoms with Gasteiger partial charge in [0.15, 0.2) is 5.75 Å². The molecule has 0 saturated heterocycles. The van der Waals surface area contributed by atoms with E-state index in [-0.39, 0.29) is 24.4 Å². The van der Waals surface area contributed by atoms with E-state index in [4.69, 9.17) is 16.3 Å². The van der Waals surface area contributed by atoms with Gasteiger partial charge in [0.2, 0.25) is 5.91 Å². The van der Waals surface area contributed by atoms with Gasteiger partial charge in [-0.2, -0.15) is 0 Å². The minimum Gasteiger partial charge on any atom is -0.423 e. The smallest absolute Gasteiger partial charge is 0.331 e. The Morgan fingerprint density at radius 2 is 1.88 bits per heavy atom. The Labute approximate surface area is 157 Å². The van der Waals surface area contributed by atoms with Gasteiger partial charge in [-0.15, -0.1) is 0 Å². The van der Waals surface area contributed by atoms with Gasteiger partial charge in [0.1, 0.15) is 6.54 Å². The summed E-state index contributed by atoms with van der Waals surface area (Å²) in [5.74, 6) is -0.204. The van der Waals surface area contributed by atoms with E-state index >= 15 is 0 Å². The molecule has 0 spiro atoms. The van der Waals surface area contributed by atoms with Crippen LogP contribution >= 0.6 is 11.6 Å². The van der Waals surface area contributed by atoms with Crippen LogP contribution in [0.1, 0.15) is 26.3 Å². The third-order valence-electron chi connectivity index (χ3n) is 4.17. The number of amides is 1. The summed E-state index contributed by atoms with van der Waals surface area (Å²) in [5.41, 5.74) is 2.60. The zero-order valence-electron chi connectivity index (χ0n) is 15.0. The summed E-state index contributed by atoms with van der Waals surface area (Å²) in [6.45, 7) is 6.45. The number of nitrogens with zero attached hydrogens (tertiary/aromatic N) is 1. The van der Waals surface area contributed by atoms with Crippen molar-refractivity contribution < 1.29 is 14.3 Å². The number of rotatable bonds is 3. The average Bonchev–Trinajstić information content (AvgIpc) is 2.55. The summed E-state index contributed by atoms with van der Waals surface area (Å²) in [7, 11) is 0. The van der Waals surface area contributed by atoms with Crippen molar-refractivity contribution in [1.29, 1.82) is 0 Å². The maximum atomic E-state index is 12.4. The lowest BCUT2D eigenvalue weighted by molar-refractivity contribution is -0.133. The number of benzene rings is 2. The molecule has 3 rings (SSSR count). The first-order chi connectivity index (χ1) is 12.2. The molecule has 0 bridgehead atoms. The maximum absolute atomic E-state index is 12.4. The zero-order valence-corrected chi connectivity index (χ0v) is 15.8. The number of esters is 1. The second kappa shape index (κ2) is 7.00. The second-order valence-electron chi connectivity index (χ2n) is 7.32. The molecule has 0 aliphatic carbocycles. The summed E-state index contributed by atoms with van der Waals surface area (Å²) >= 11 is 6.03. The number of nitrogens with one attached hydrogen (secondary N) is 1. The van der Waals surface area contributed by atoms with Crippen molar-refractivity contribution in [3.05, 3.63) is 53.1 Å². The van der Waals surface area contributed by atoms with Crippen molar-refractivity contribution >= 4 is 34.9 Å². The molecule has 1 aliphatic heterocycles. The summed E-state index contributed by atoms with van der Waals surface area (Å²) < 4.78 is 5.19. The number of halogens is 1. The van der Waals surface area contributed by atoms with Gasteiger partial charge in [-0.25, -0.2) is 4.79 Å². The second-order valence-corrected chi connectivity index (χ2v) is 7.75. The van der Waals surface area contributed by atoms with Crippen LogP contribution in [0.15, 0.2) is 42.5 Å². The summed E-state index contributed by atoms with van der Waals surface area (Å²) in [6.07, 6.45) is 0. The fourth-order valence-electron chi connectivity index (χ4n) is 2.79. The van der Waals surface area contributed by atoms with Crippen molar-refractivity contribution in [2.45, 2.75) is 26.2 Å². The molecule has 1 heterocycles. The van der Waals surface area contributed by atoms with E-state index in [1.165, 1.54) is 5.56 Å². The van der Waals surface area contributed by atoms with Crippen LogP contribution < -0.4 is 15.0 Å². The Morgan fingerprint density at radius 1 is 1.19 bits per heavy atom. The van der Waals surface area contributed by atoms with Crippen molar-refractivity contribution in [3.8, 4) is 5.75 Å². The molecule has 0 atom stereocenters. The highest BCUT2D eigenvalue weighted by Gasteiger charge is 2.26. The number of anilines is 2. The Bertz CT molecular complexity index is 841. The van der Waals surface area contributed by atoms with Gasteiger partial charge in [-0.3, -0.25) is 4.79 Å². The maximum Gasteiger partial charge on any atom is 0.331 e. The Morgan fingerprint density at radius 3 is 2.54 bits per heavy atom. The van der Waals surface area contributed by atoms with Crippen LogP contribution in [0.4, 0.5) is 11.4 Å². The molecule has 1 amide bonds. The normalized spacial score (nSPS) is 13.8. The molecule has 26 heavy (non-hydrogen) atoms. The van der Waals surface area contributed by atoms with Gasteiger partial charge in [-0.1, -0.05) is 44.5 Å². The third kappa shape index (κ3) is 4.17. The van der Waals surface area contributed by atoms with E-state index in [1.807, 2.05) is 24.3 Å². The molecule has 2 aromatic carbocycles. The van der Waals surface area contributed by atoms with Crippen molar-refractivity contribution in [1.82, 2.24) is 0 Å². The number of carbonyl (C=O) groups excluding carboxylic acids is 2. The lowest BCUT2D eigenvalue weighted by atomic mass is 9.87. The van der Waals surface area contributed by atoms with Crippen LogP contribution in [0.3, 0.4) is 0 Å². The lowest BCUT2D eigenvalue weighted by Crippen LogP contribution is -2.41. The third-order valence-corrected chi connectivity index (χ3v) is 4.41. The van der Waals surface area contributed by atoms with E-state index in [0.29, 0.717) is 22.1 Å². The summed E-state index contributed by atoms with van der Waals surface area (Å²) in [4.78, 5) is 25.8. The number of hydrogen-bond acceptors (Lipinski definition) is 4. The molecule has 0 unspecified atom stereocenters. The van der Waals surface area contributed by atoms with Crippen LogP contribution in [0.5, 0.6) is 5.75 Å². The van der Waals surface area contributed by atoms with Gasteiger partial charge in [-0.05, 0) is 41.3 Å². The molecular weight excluding hydrogens is 352 g/mol. The first-order valence-corrected chi connectivity index (χ1v) is 8.76. The number of hydrogen-bond donors (Lipinski definition) is 1. The highest BCUT2D eigenvalue weighted by atomic mass is 35.5. The molecule has 2 aromatic rings. The Hall–Kier alpha value is -2.53. The minimum absolute atomic E-state index is 0.00369. The van der Waals surface area contributed by atoms with Gasteiger partial charge in [0, 0.05) is 10.7 Å². The summed E-state index contributed by atoms with van der Waals surface area (Å²) in [6, 6.07) is 12.7. The molecular formula is C20H21ClN2O3. The molecule has 6 heteroatoms. The molecule has 0 saturated carbocycles. The number of carbonyl (C=O) groups is 2. The SMILES string of the molecule is CC(C)(C)c1ccc(NC(=O)CN2CC(=O)Oc3ccc(Cl)cc32)cc1. The number of fused-ring (bicyclic) bond motifs is 1. The Balaban J connectivity index is 1.71.